The summed E-state index contributed by atoms with van der Waals surface area (Å²) in [5.41, 5.74) is 0.972. The molecule has 2 heterocycles. The van der Waals surface area contributed by atoms with Crippen LogP contribution in [0.5, 0.6) is 5.75 Å². The summed E-state index contributed by atoms with van der Waals surface area (Å²) in [5.74, 6) is -0.209. The molecule has 10 heteroatoms. The molecule has 2 amide bonds. The van der Waals surface area contributed by atoms with Crippen LogP contribution in [-0.2, 0) is 22.4 Å². The highest BCUT2D eigenvalue weighted by molar-refractivity contribution is 5.89. The van der Waals surface area contributed by atoms with E-state index in [-0.39, 0.29) is 42.8 Å². The number of amides is 2. The maximum Gasteiger partial charge on any atom is 0.242 e. The number of aliphatic hydroxyl groups excluding tert-OH is 1. The Bertz CT molecular complexity index is 749. The molecule has 1 saturated heterocycles. The number of carbonyl (C=O) groups excluding carboxylic acids is 2. The van der Waals surface area contributed by atoms with Crippen molar-refractivity contribution in [2.24, 2.45) is 0 Å². The van der Waals surface area contributed by atoms with Crippen molar-refractivity contribution in [2.45, 2.75) is 31.4 Å². The molecule has 0 spiro atoms. The minimum atomic E-state index is -0.739. The largest absolute Gasteiger partial charge is 0.508 e. The molecule has 1 aliphatic rings. The maximum atomic E-state index is 12.4. The number of hydrogen-bond acceptors (Lipinski definition) is 7. The lowest BCUT2D eigenvalue weighted by atomic mass is 10.1. The van der Waals surface area contributed by atoms with Gasteiger partial charge >= 0.3 is 0 Å². The average Bonchev–Trinajstić information content (AvgIpc) is 3.26. The number of nitrogens with one attached hydrogen (secondary N) is 2. The van der Waals surface area contributed by atoms with Crippen molar-refractivity contribution < 1.29 is 19.8 Å². The number of aromatic hydroxyl groups is 1. The fraction of sp³-hybridized carbons (Fsp3) is 0.438. The molecule has 4 N–H and O–H groups in total. The van der Waals surface area contributed by atoms with E-state index in [1.807, 2.05) is 0 Å². The van der Waals surface area contributed by atoms with Crippen molar-refractivity contribution in [1.29, 1.82) is 0 Å². The summed E-state index contributed by atoms with van der Waals surface area (Å²) >= 11 is 0. The Kier molecular flexibility index (Phi) is 5.42. The topological polar surface area (TPSA) is 144 Å². The third-order valence-electron chi connectivity index (χ3n) is 4.25. The highest BCUT2D eigenvalue weighted by atomic mass is 16.3. The predicted octanol–water partition coefficient (Wildman–Crippen LogP) is -1.23. The minimum absolute atomic E-state index is 0.0828. The summed E-state index contributed by atoms with van der Waals surface area (Å²) in [5, 5.41) is 35.1. The molecule has 0 radical (unpaired) electrons. The van der Waals surface area contributed by atoms with Crippen LogP contribution in [0, 0.1) is 0 Å². The van der Waals surface area contributed by atoms with Crippen LogP contribution in [0.3, 0.4) is 0 Å². The van der Waals surface area contributed by atoms with E-state index >= 15 is 0 Å². The lowest BCUT2D eigenvalue weighted by Crippen LogP contribution is -2.47. The second kappa shape index (κ2) is 7.91. The molecule has 0 bridgehead atoms. The fourth-order valence-electron chi connectivity index (χ4n) is 2.94. The summed E-state index contributed by atoms with van der Waals surface area (Å²) in [4.78, 5) is 26.2. The zero-order valence-electron chi connectivity index (χ0n) is 14.0. The molecular formula is C16H20N6O4. The number of phenolic OH excluding ortho intramolecular Hbond substituents is 1. The van der Waals surface area contributed by atoms with Gasteiger partial charge in [-0.1, -0.05) is 17.3 Å². The van der Waals surface area contributed by atoms with Gasteiger partial charge in [0, 0.05) is 19.5 Å². The second-order valence-electron chi connectivity index (χ2n) is 6.16. The van der Waals surface area contributed by atoms with Gasteiger partial charge in [-0.05, 0) is 24.1 Å². The van der Waals surface area contributed by atoms with Crippen molar-refractivity contribution in [1.82, 2.24) is 30.8 Å². The summed E-state index contributed by atoms with van der Waals surface area (Å²) in [6.45, 7) is 0.496. The van der Waals surface area contributed by atoms with Crippen LogP contribution in [0.4, 0.5) is 0 Å². The second-order valence-corrected chi connectivity index (χ2v) is 6.16. The van der Waals surface area contributed by atoms with Crippen LogP contribution in [-0.4, -0.2) is 72.8 Å². The predicted molar refractivity (Wildman–Crippen MR) is 88.8 cm³/mol. The van der Waals surface area contributed by atoms with E-state index in [9.17, 15) is 19.8 Å². The number of benzene rings is 1. The van der Waals surface area contributed by atoms with E-state index < -0.39 is 12.1 Å². The van der Waals surface area contributed by atoms with Gasteiger partial charge in [0.15, 0.2) is 5.82 Å². The van der Waals surface area contributed by atoms with E-state index in [0.29, 0.717) is 13.0 Å². The molecule has 10 nitrogen and oxygen atoms in total. The first-order chi connectivity index (χ1) is 12.5. The summed E-state index contributed by atoms with van der Waals surface area (Å²) < 4.78 is 0. The smallest absolute Gasteiger partial charge is 0.242 e. The molecule has 2 aromatic rings. The first-order valence-electron chi connectivity index (χ1n) is 8.28. The Balaban J connectivity index is 1.54. The van der Waals surface area contributed by atoms with Crippen LogP contribution >= 0.6 is 0 Å². The number of aliphatic hydroxyl groups is 1. The molecule has 138 valence electrons. The van der Waals surface area contributed by atoms with E-state index in [4.69, 9.17) is 0 Å². The normalized spacial score (nSPS) is 19.5. The molecule has 0 aliphatic carbocycles. The molecule has 2 atom stereocenters. The quantitative estimate of drug-likeness (QED) is 0.505. The number of rotatable bonds is 6. The van der Waals surface area contributed by atoms with Gasteiger partial charge in [-0.3, -0.25) is 9.59 Å². The molecule has 0 unspecified atom stereocenters. The summed E-state index contributed by atoms with van der Waals surface area (Å²) in [6.07, 6.45) is -0.0289. The van der Waals surface area contributed by atoms with Gasteiger partial charge in [-0.2, -0.15) is 5.21 Å². The number of likely N-dealkylation sites (tertiary alicyclic amines) is 1. The number of aromatic nitrogens is 4. The Morgan fingerprint density at radius 3 is 2.77 bits per heavy atom. The zero-order chi connectivity index (χ0) is 18.5. The van der Waals surface area contributed by atoms with E-state index in [1.54, 1.807) is 24.3 Å². The zero-order valence-corrected chi connectivity index (χ0v) is 14.0. The van der Waals surface area contributed by atoms with Crippen LogP contribution < -0.4 is 5.32 Å². The number of nitrogens with zero attached hydrogens (tertiary/aromatic N) is 4. The highest BCUT2D eigenvalue weighted by Crippen LogP contribution is 2.19. The van der Waals surface area contributed by atoms with E-state index in [2.05, 4.69) is 25.9 Å². The van der Waals surface area contributed by atoms with Crippen molar-refractivity contribution in [3.63, 3.8) is 0 Å². The molecule has 1 fully saturated rings. The third kappa shape index (κ3) is 4.33. The van der Waals surface area contributed by atoms with Crippen LogP contribution in [0.1, 0.15) is 17.8 Å². The SMILES string of the molecule is O=C(NCCc1ccc(O)cc1)[C@@H]1C[C@@H](O)CN1C(=O)Cc1nn[nH]n1. The highest BCUT2D eigenvalue weighted by Gasteiger charge is 2.38. The molecule has 1 aromatic heterocycles. The van der Waals surface area contributed by atoms with Crippen molar-refractivity contribution in [2.75, 3.05) is 13.1 Å². The van der Waals surface area contributed by atoms with Gasteiger partial charge in [0.05, 0.1) is 12.5 Å². The monoisotopic (exact) mass is 360 g/mol. The first kappa shape index (κ1) is 17.8. The molecule has 1 aromatic carbocycles. The minimum Gasteiger partial charge on any atom is -0.508 e. The van der Waals surface area contributed by atoms with Gasteiger partial charge in [0.1, 0.15) is 11.8 Å². The summed E-state index contributed by atoms with van der Waals surface area (Å²) in [6, 6.07) is 6.01. The average molecular weight is 360 g/mol. The van der Waals surface area contributed by atoms with Gasteiger partial charge in [-0.25, -0.2) is 0 Å². The third-order valence-corrected chi connectivity index (χ3v) is 4.25. The van der Waals surface area contributed by atoms with E-state index in [1.165, 1.54) is 4.90 Å². The number of aromatic amines is 1. The molecule has 1 aliphatic heterocycles. The lowest BCUT2D eigenvalue weighted by molar-refractivity contribution is -0.138. The van der Waals surface area contributed by atoms with Gasteiger partial charge in [0.2, 0.25) is 11.8 Å². The standard InChI is InChI=1S/C16H20N6O4/c23-11-3-1-10(2-4-11)5-6-17-16(26)13-7-12(24)9-22(13)15(25)8-14-18-20-21-19-14/h1-4,12-13,23-24H,5-9H2,(H,17,26)(H,18,19,20,21)/t12-,13+/m1/s1. The number of tetrazole rings is 1. The molecule has 26 heavy (non-hydrogen) atoms. The van der Waals surface area contributed by atoms with Crippen LogP contribution in [0.15, 0.2) is 24.3 Å². The first-order valence-corrected chi connectivity index (χ1v) is 8.28. The molecular weight excluding hydrogens is 340 g/mol. The van der Waals surface area contributed by atoms with Crippen molar-refractivity contribution in [3.05, 3.63) is 35.7 Å². The van der Waals surface area contributed by atoms with Crippen LogP contribution in [0.25, 0.3) is 0 Å². The number of phenols is 1. The maximum absolute atomic E-state index is 12.4. The number of carbonyl (C=O) groups is 2. The molecule has 3 rings (SSSR count). The Labute approximate surface area is 149 Å². The lowest BCUT2D eigenvalue weighted by Gasteiger charge is -2.23. The molecule has 0 saturated carbocycles. The van der Waals surface area contributed by atoms with Crippen molar-refractivity contribution in [3.8, 4) is 5.75 Å². The van der Waals surface area contributed by atoms with Gasteiger partial charge < -0.3 is 20.4 Å². The Hall–Kier alpha value is -3.01. The summed E-state index contributed by atoms with van der Waals surface area (Å²) in [7, 11) is 0. The van der Waals surface area contributed by atoms with Gasteiger partial charge in [0.25, 0.3) is 0 Å². The van der Waals surface area contributed by atoms with Gasteiger partial charge in [-0.15, -0.1) is 10.2 Å². The number of H-pyrrole nitrogens is 1. The van der Waals surface area contributed by atoms with Crippen LogP contribution in [0.2, 0.25) is 0 Å². The Morgan fingerprint density at radius 2 is 2.08 bits per heavy atom. The van der Waals surface area contributed by atoms with E-state index in [0.717, 1.165) is 5.56 Å². The fourth-order valence-corrected chi connectivity index (χ4v) is 2.94. The number of β-amino-alcohol motifs (C(OH)–C–C–N with tert-alkyl or cyclic N) is 1. The van der Waals surface area contributed by atoms with Crippen molar-refractivity contribution >= 4 is 11.8 Å². The Morgan fingerprint density at radius 1 is 1.31 bits per heavy atom. The number of hydrogen-bond donors (Lipinski definition) is 4.